The van der Waals surface area contributed by atoms with E-state index in [1.807, 2.05) is 0 Å². The van der Waals surface area contributed by atoms with Crippen molar-refractivity contribution in [3.63, 3.8) is 0 Å². The zero-order valence-electron chi connectivity index (χ0n) is 10.5. The van der Waals surface area contributed by atoms with Gasteiger partial charge in [0.25, 0.3) is 0 Å². The average Bonchev–Trinajstić information content (AvgIpc) is 2.10. The molecule has 2 aliphatic rings. The van der Waals surface area contributed by atoms with E-state index in [0.717, 1.165) is 38.9 Å². The summed E-state index contributed by atoms with van der Waals surface area (Å²) in [4.78, 5) is 12.1. The molecular weight excluding hydrogens is 204 g/mol. The van der Waals surface area contributed by atoms with E-state index in [0.29, 0.717) is 5.92 Å². The van der Waals surface area contributed by atoms with E-state index in [1.165, 1.54) is 7.11 Å². The molecule has 0 amide bonds. The number of ether oxygens (including phenoxy) is 2. The van der Waals surface area contributed by atoms with E-state index in [2.05, 4.69) is 13.8 Å². The van der Waals surface area contributed by atoms with Crippen molar-refractivity contribution < 1.29 is 14.3 Å². The number of hydrogen-bond acceptors (Lipinski definition) is 3. The smallest absolute Gasteiger partial charge is 0.312 e. The van der Waals surface area contributed by atoms with Crippen molar-refractivity contribution in [2.45, 2.75) is 39.5 Å². The van der Waals surface area contributed by atoms with Crippen LogP contribution in [0.2, 0.25) is 0 Å². The summed E-state index contributed by atoms with van der Waals surface area (Å²) in [7, 11) is 1.50. The van der Waals surface area contributed by atoms with Gasteiger partial charge in [0.05, 0.1) is 25.7 Å². The zero-order valence-corrected chi connectivity index (χ0v) is 10.5. The molecule has 0 aromatic rings. The third-order valence-electron chi connectivity index (χ3n) is 4.35. The molecule has 1 aliphatic carbocycles. The lowest BCUT2D eigenvalue weighted by atomic mass is 9.50. The maximum atomic E-state index is 12.1. The first-order valence-electron chi connectivity index (χ1n) is 6.22. The second-order valence-corrected chi connectivity index (χ2v) is 5.80. The Balaban J connectivity index is 2.21. The van der Waals surface area contributed by atoms with Gasteiger partial charge in [-0.2, -0.15) is 0 Å². The molecule has 0 radical (unpaired) electrons. The predicted octanol–water partition coefficient (Wildman–Crippen LogP) is 2.39. The third kappa shape index (κ3) is 1.48. The minimum absolute atomic E-state index is 0.0114. The molecule has 1 saturated carbocycles. The summed E-state index contributed by atoms with van der Waals surface area (Å²) in [6, 6.07) is 0. The molecule has 92 valence electrons. The Hall–Kier alpha value is -0.570. The summed E-state index contributed by atoms with van der Waals surface area (Å²) in [5.74, 6) is 0.591. The summed E-state index contributed by atoms with van der Waals surface area (Å²) in [6.45, 7) is 5.90. The van der Waals surface area contributed by atoms with Crippen LogP contribution in [0.3, 0.4) is 0 Å². The predicted molar refractivity (Wildman–Crippen MR) is 61.0 cm³/mol. The molecule has 0 N–H and O–H groups in total. The highest BCUT2D eigenvalue weighted by Crippen LogP contribution is 2.60. The van der Waals surface area contributed by atoms with Gasteiger partial charge in [0, 0.05) is 5.41 Å². The quantitative estimate of drug-likeness (QED) is 0.690. The number of carbonyl (C=O) groups is 1. The number of esters is 1. The Morgan fingerprint density at radius 2 is 2.00 bits per heavy atom. The molecule has 3 nitrogen and oxygen atoms in total. The first-order chi connectivity index (χ1) is 7.56. The van der Waals surface area contributed by atoms with Gasteiger partial charge in [-0.25, -0.2) is 0 Å². The monoisotopic (exact) mass is 226 g/mol. The largest absolute Gasteiger partial charge is 0.469 e. The number of carbonyl (C=O) groups excluding carboxylic acids is 1. The molecule has 0 bridgehead atoms. The van der Waals surface area contributed by atoms with E-state index >= 15 is 0 Å². The highest BCUT2D eigenvalue weighted by atomic mass is 16.5. The van der Waals surface area contributed by atoms with E-state index < -0.39 is 0 Å². The third-order valence-corrected chi connectivity index (χ3v) is 4.35. The molecule has 2 rings (SSSR count). The van der Waals surface area contributed by atoms with Crippen molar-refractivity contribution in [3.8, 4) is 0 Å². The second kappa shape index (κ2) is 4.02. The minimum atomic E-state index is -0.232. The molecule has 1 saturated heterocycles. The van der Waals surface area contributed by atoms with E-state index in [9.17, 15) is 4.79 Å². The maximum absolute atomic E-state index is 12.1. The maximum Gasteiger partial charge on any atom is 0.312 e. The molecule has 2 fully saturated rings. The summed E-state index contributed by atoms with van der Waals surface area (Å²) in [5.41, 5.74) is -0.170. The average molecular weight is 226 g/mol. The van der Waals surface area contributed by atoms with Gasteiger partial charge in [-0.05, 0) is 25.2 Å². The molecule has 0 spiro atoms. The van der Waals surface area contributed by atoms with Crippen molar-refractivity contribution in [1.82, 2.24) is 0 Å². The van der Waals surface area contributed by atoms with E-state index in [-0.39, 0.29) is 16.8 Å². The molecule has 0 aromatic carbocycles. The lowest BCUT2D eigenvalue weighted by Gasteiger charge is -2.58. The lowest BCUT2D eigenvalue weighted by Crippen LogP contribution is -2.62. The first kappa shape index (κ1) is 11.9. The second-order valence-electron chi connectivity index (χ2n) is 5.80. The highest BCUT2D eigenvalue weighted by Gasteiger charge is 2.63. The van der Waals surface area contributed by atoms with Crippen LogP contribution < -0.4 is 0 Å². The van der Waals surface area contributed by atoms with Crippen LogP contribution in [-0.4, -0.2) is 26.3 Å². The Labute approximate surface area is 97.5 Å². The molecular formula is C13H22O3. The Bertz CT molecular complexity index is 275. The van der Waals surface area contributed by atoms with Gasteiger partial charge < -0.3 is 9.47 Å². The van der Waals surface area contributed by atoms with Crippen LogP contribution in [0.15, 0.2) is 0 Å². The van der Waals surface area contributed by atoms with Gasteiger partial charge in [-0.1, -0.05) is 20.3 Å². The van der Waals surface area contributed by atoms with Crippen molar-refractivity contribution in [1.29, 1.82) is 0 Å². The fourth-order valence-electron chi connectivity index (χ4n) is 3.40. The van der Waals surface area contributed by atoms with Gasteiger partial charge in [0.1, 0.15) is 0 Å². The molecule has 0 atom stereocenters. The van der Waals surface area contributed by atoms with Crippen LogP contribution in [0.25, 0.3) is 0 Å². The fraction of sp³-hybridized carbons (Fsp3) is 0.923. The van der Waals surface area contributed by atoms with Crippen molar-refractivity contribution in [3.05, 3.63) is 0 Å². The summed E-state index contributed by atoms with van der Waals surface area (Å²) in [6.07, 6.45) is 4.18. The van der Waals surface area contributed by atoms with E-state index in [4.69, 9.17) is 9.47 Å². The topological polar surface area (TPSA) is 35.5 Å². The van der Waals surface area contributed by atoms with Crippen molar-refractivity contribution >= 4 is 5.97 Å². The van der Waals surface area contributed by atoms with Crippen LogP contribution in [0.4, 0.5) is 0 Å². The van der Waals surface area contributed by atoms with Crippen LogP contribution in [0, 0.1) is 16.7 Å². The molecule has 16 heavy (non-hydrogen) atoms. The van der Waals surface area contributed by atoms with Crippen molar-refractivity contribution in [2.75, 3.05) is 20.3 Å². The van der Waals surface area contributed by atoms with Crippen LogP contribution in [0.1, 0.15) is 39.5 Å². The lowest BCUT2D eigenvalue weighted by molar-refractivity contribution is -0.230. The Morgan fingerprint density at radius 3 is 2.25 bits per heavy atom. The van der Waals surface area contributed by atoms with Gasteiger partial charge in [0.2, 0.25) is 0 Å². The van der Waals surface area contributed by atoms with Gasteiger partial charge in [0.15, 0.2) is 0 Å². The molecule has 0 aromatic heterocycles. The molecule has 0 unspecified atom stereocenters. The normalized spacial score (nSPS) is 25.8. The highest BCUT2D eigenvalue weighted by molar-refractivity contribution is 5.79. The summed E-state index contributed by atoms with van der Waals surface area (Å²) >= 11 is 0. The first-order valence-corrected chi connectivity index (χ1v) is 6.22. The van der Waals surface area contributed by atoms with Gasteiger partial charge in [-0.3, -0.25) is 4.79 Å². The number of hydrogen-bond donors (Lipinski definition) is 0. The minimum Gasteiger partial charge on any atom is -0.469 e. The SMILES string of the molecule is COC(=O)C1(C2(CC(C)C)COC2)CCC1. The van der Waals surface area contributed by atoms with E-state index in [1.54, 1.807) is 0 Å². The Kier molecular flexibility index (Phi) is 2.99. The summed E-state index contributed by atoms with van der Waals surface area (Å²) < 4.78 is 10.4. The fourth-order valence-corrected chi connectivity index (χ4v) is 3.40. The van der Waals surface area contributed by atoms with Crippen LogP contribution in [0.5, 0.6) is 0 Å². The molecule has 1 heterocycles. The van der Waals surface area contributed by atoms with Crippen LogP contribution in [-0.2, 0) is 14.3 Å². The summed E-state index contributed by atoms with van der Waals surface area (Å²) in [5, 5.41) is 0. The molecule has 1 aliphatic heterocycles. The van der Waals surface area contributed by atoms with Gasteiger partial charge >= 0.3 is 5.97 Å². The van der Waals surface area contributed by atoms with Crippen LogP contribution >= 0.6 is 0 Å². The number of rotatable bonds is 4. The van der Waals surface area contributed by atoms with Gasteiger partial charge in [-0.15, -0.1) is 0 Å². The zero-order chi connectivity index (χ0) is 11.8. The number of methoxy groups -OCH3 is 1. The standard InChI is InChI=1S/C13H22O3/c1-10(2)7-12(8-16-9-12)13(5-4-6-13)11(14)15-3/h10H,4-9H2,1-3H3. The Morgan fingerprint density at radius 1 is 1.38 bits per heavy atom. The molecule has 3 heteroatoms. The van der Waals surface area contributed by atoms with Crippen molar-refractivity contribution in [2.24, 2.45) is 16.7 Å².